The van der Waals surface area contributed by atoms with Crippen molar-refractivity contribution in [1.82, 2.24) is 9.97 Å². The number of nitrogens with two attached hydrogens (primary N) is 1. The second-order valence-corrected chi connectivity index (χ2v) is 6.21. The van der Waals surface area contributed by atoms with E-state index in [0.717, 1.165) is 10.8 Å². The molecule has 0 saturated carbocycles. The molecule has 0 aliphatic rings. The number of nitrogen functional groups attached to an aromatic ring is 1. The van der Waals surface area contributed by atoms with Gasteiger partial charge in [-0.15, -0.1) is 0 Å². The van der Waals surface area contributed by atoms with Crippen LogP contribution in [-0.2, 0) is 0 Å². The Hall–Kier alpha value is -4.00. The van der Waals surface area contributed by atoms with Crippen LogP contribution >= 0.6 is 0 Å². The van der Waals surface area contributed by atoms with Gasteiger partial charge in [-0.05, 0) is 23.6 Å². The summed E-state index contributed by atoms with van der Waals surface area (Å²) in [4.78, 5) is 8.45. The highest BCUT2D eigenvalue weighted by Crippen LogP contribution is 2.36. The van der Waals surface area contributed by atoms with Crippen molar-refractivity contribution >= 4 is 28.0 Å². The molecule has 0 fully saturated rings. The van der Waals surface area contributed by atoms with Gasteiger partial charge in [0, 0.05) is 11.5 Å². The number of hydrogen-bond acceptors (Lipinski definition) is 7. The van der Waals surface area contributed by atoms with Crippen molar-refractivity contribution in [2.75, 3.05) is 25.3 Å². The van der Waals surface area contributed by atoms with Crippen LogP contribution in [-0.4, -0.2) is 24.2 Å². The van der Waals surface area contributed by atoms with E-state index in [9.17, 15) is 0 Å². The molecule has 0 aliphatic heterocycles. The molecule has 0 amide bonds. The Morgan fingerprint density at radius 2 is 1.69 bits per heavy atom. The molecular weight excluding hydrogens is 368 g/mol. The predicted octanol–water partition coefficient (Wildman–Crippen LogP) is 4.77. The summed E-state index contributed by atoms with van der Waals surface area (Å²) < 4.78 is 16.7. The number of benzene rings is 3. The quantitative estimate of drug-likeness (QED) is 0.492. The molecule has 29 heavy (non-hydrogen) atoms. The van der Waals surface area contributed by atoms with E-state index in [-0.39, 0.29) is 5.88 Å². The van der Waals surface area contributed by atoms with Gasteiger partial charge in [-0.1, -0.05) is 36.4 Å². The van der Waals surface area contributed by atoms with Crippen molar-refractivity contribution in [3.63, 3.8) is 0 Å². The van der Waals surface area contributed by atoms with E-state index in [0.29, 0.717) is 34.4 Å². The lowest BCUT2D eigenvalue weighted by Gasteiger charge is -2.15. The first-order valence-corrected chi connectivity index (χ1v) is 8.94. The topological polar surface area (TPSA) is 91.5 Å². The smallest absolute Gasteiger partial charge is 0.248 e. The van der Waals surface area contributed by atoms with Crippen LogP contribution in [0.25, 0.3) is 10.8 Å². The fourth-order valence-corrected chi connectivity index (χ4v) is 2.98. The van der Waals surface area contributed by atoms with Crippen molar-refractivity contribution < 1.29 is 14.2 Å². The number of nitrogens with zero attached hydrogens (tertiary/aromatic N) is 2. The van der Waals surface area contributed by atoms with Crippen molar-refractivity contribution in [1.29, 1.82) is 0 Å². The molecule has 0 atom stereocenters. The first kappa shape index (κ1) is 18.4. The molecule has 146 valence electrons. The van der Waals surface area contributed by atoms with E-state index < -0.39 is 0 Å². The van der Waals surface area contributed by atoms with Gasteiger partial charge in [0.1, 0.15) is 29.3 Å². The highest BCUT2D eigenvalue weighted by molar-refractivity contribution is 5.88. The second-order valence-electron chi connectivity index (χ2n) is 6.21. The van der Waals surface area contributed by atoms with Crippen molar-refractivity contribution in [3.8, 4) is 23.1 Å². The SMILES string of the molecule is COc1ccc(Nc2ncnc(Oc3cccc4ccccc34)c2N)c(OC)c1. The van der Waals surface area contributed by atoms with E-state index in [1.807, 2.05) is 54.6 Å². The third-order valence-electron chi connectivity index (χ3n) is 4.47. The molecular formula is C22H20N4O3. The summed E-state index contributed by atoms with van der Waals surface area (Å²) in [7, 11) is 3.18. The molecule has 3 N–H and O–H groups in total. The minimum absolute atomic E-state index is 0.270. The van der Waals surface area contributed by atoms with Gasteiger partial charge in [0.15, 0.2) is 5.82 Å². The largest absolute Gasteiger partial charge is 0.497 e. The summed E-state index contributed by atoms with van der Waals surface area (Å²) >= 11 is 0. The summed E-state index contributed by atoms with van der Waals surface area (Å²) in [5.41, 5.74) is 7.27. The summed E-state index contributed by atoms with van der Waals surface area (Å²) in [6.45, 7) is 0. The van der Waals surface area contributed by atoms with Gasteiger partial charge in [0.25, 0.3) is 0 Å². The van der Waals surface area contributed by atoms with Crippen LogP contribution in [0.3, 0.4) is 0 Å². The molecule has 0 unspecified atom stereocenters. The lowest BCUT2D eigenvalue weighted by molar-refractivity contribution is 0.395. The molecule has 1 aromatic heterocycles. The number of fused-ring (bicyclic) bond motifs is 1. The van der Waals surface area contributed by atoms with Crippen LogP contribution in [0, 0.1) is 0 Å². The molecule has 0 radical (unpaired) electrons. The number of ether oxygens (including phenoxy) is 3. The number of aromatic nitrogens is 2. The maximum Gasteiger partial charge on any atom is 0.248 e. The van der Waals surface area contributed by atoms with Gasteiger partial charge in [0.2, 0.25) is 5.88 Å². The zero-order valence-corrected chi connectivity index (χ0v) is 16.0. The predicted molar refractivity (Wildman–Crippen MR) is 113 cm³/mol. The van der Waals surface area contributed by atoms with Crippen LogP contribution < -0.4 is 25.3 Å². The Morgan fingerprint density at radius 1 is 0.862 bits per heavy atom. The monoisotopic (exact) mass is 388 g/mol. The van der Waals surface area contributed by atoms with Crippen molar-refractivity contribution in [2.45, 2.75) is 0 Å². The fraction of sp³-hybridized carbons (Fsp3) is 0.0909. The number of rotatable bonds is 6. The average molecular weight is 388 g/mol. The van der Waals surface area contributed by atoms with E-state index in [1.165, 1.54) is 6.33 Å². The summed E-state index contributed by atoms with van der Waals surface area (Å²) in [5.74, 6) is 2.63. The molecule has 4 aromatic rings. The van der Waals surface area contributed by atoms with Gasteiger partial charge >= 0.3 is 0 Å². The van der Waals surface area contributed by atoms with Crippen LogP contribution in [0.4, 0.5) is 17.2 Å². The normalized spacial score (nSPS) is 10.6. The third-order valence-corrected chi connectivity index (χ3v) is 4.47. The van der Waals surface area contributed by atoms with E-state index in [2.05, 4.69) is 15.3 Å². The molecule has 7 nitrogen and oxygen atoms in total. The van der Waals surface area contributed by atoms with E-state index in [4.69, 9.17) is 19.9 Å². The lowest BCUT2D eigenvalue weighted by atomic mass is 10.1. The lowest BCUT2D eigenvalue weighted by Crippen LogP contribution is -2.04. The van der Waals surface area contributed by atoms with Crippen LogP contribution in [0.2, 0.25) is 0 Å². The number of anilines is 3. The molecule has 0 saturated heterocycles. The van der Waals surface area contributed by atoms with Gasteiger partial charge in [-0.3, -0.25) is 0 Å². The minimum atomic E-state index is 0.270. The maximum absolute atomic E-state index is 6.29. The zero-order valence-electron chi connectivity index (χ0n) is 16.0. The summed E-state index contributed by atoms with van der Waals surface area (Å²) in [6.07, 6.45) is 1.40. The van der Waals surface area contributed by atoms with E-state index >= 15 is 0 Å². The molecule has 3 aromatic carbocycles. The van der Waals surface area contributed by atoms with Gasteiger partial charge in [-0.2, -0.15) is 4.98 Å². The first-order chi connectivity index (χ1) is 14.2. The second kappa shape index (κ2) is 7.93. The van der Waals surface area contributed by atoms with E-state index in [1.54, 1.807) is 20.3 Å². The molecule has 1 heterocycles. The summed E-state index contributed by atoms with van der Waals surface area (Å²) in [5, 5.41) is 5.21. The Morgan fingerprint density at radius 3 is 2.52 bits per heavy atom. The van der Waals surface area contributed by atoms with Gasteiger partial charge in [-0.25, -0.2) is 4.98 Å². The van der Waals surface area contributed by atoms with Crippen molar-refractivity contribution in [2.24, 2.45) is 0 Å². The Balaban J connectivity index is 1.66. The maximum atomic E-state index is 6.29. The van der Waals surface area contributed by atoms with Crippen molar-refractivity contribution in [3.05, 3.63) is 67.0 Å². The van der Waals surface area contributed by atoms with Crippen LogP contribution in [0.15, 0.2) is 67.0 Å². The fourth-order valence-electron chi connectivity index (χ4n) is 2.98. The molecule has 4 rings (SSSR count). The molecule has 0 spiro atoms. The number of methoxy groups -OCH3 is 2. The average Bonchev–Trinajstić information content (AvgIpc) is 2.77. The third kappa shape index (κ3) is 3.70. The highest BCUT2D eigenvalue weighted by Gasteiger charge is 2.14. The minimum Gasteiger partial charge on any atom is -0.497 e. The number of hydrogen-bond donors (Lipinski definition) is 2. The Labute approximate surface area is 168 Å². The summed E-state index contributed by atoms with van der Waals surface area (Å²) in [6, 6.07) is 19.2. The first-order valence-electron chi connectivity index (χ1n) is 8.94. The van der Waals surface area contributed by atoms with Gasteiger partial charge < -0.3 is 25.3 Å². The van der Waals surface area contributed by atoms with Crippen LogP contribution in [0.5, 0.6) is 23.1 Å². The Bertz CT molecular complexity index is 1160. The van der Waals surface area contributed by atoms with Crippen LogP contribution in [0.1, 0.15) is 0 Å². The molecule has 0 aliphatic carbocycles. The van der Waals surface area contributed by atoms with Gasteiger partial charge in [0.05, 0.1) is 19.9 Å². The molecule has 7 heteroatoms. The Kier molecular flexibility index (Phi) is 5.03. The standard InChI is InChI=1S/C22H20N4O3/c1-27-15-10-11-17(19(12-15)28-2)26-21-20(23)22(25-13-24-21)29-18-9-5-7-14-6-3-4-8-16(14)18/h3-13H,23H2,1-2H3,(H,24,25,26). The highest BCUT2D eigenvalue weighted by atomic mass is 16.5. The number of nitrogens with one attached hydrogen (secondary N) is 1. The molecule has 0 bridgehead atoms. The zero-order chi connectivity index (χ0) is 20.2.